The fraction of sp³-hybridized carbons (Fsp3) is 0.909. The molecule has 0 saturated carbocycles. The third kappa shape index (κ3) is 2.47. The average Bonchev–Trinajstić information content (AvgIpc) is 2.40. The molecular weight excluding hydrogens is 178 g/mol. The molecule has 1 fully saturated rings. The minimum Gasteiger partial charge on any atom is -0.477 e. The Hall–Kier alpha value is -0.570. The van der Waals surface area contributed by atoms with Gasteiger partial charge in [0.25, 0.3) is 0 Å². The summed E-state index contributed by atoms with van der Waals surface area (Å²) < 4.78 is 0.729. The lowest BCUT2D eigenvalue weighted by Gasteiger charge is -2.27. The molecule has 1 N–H and O–H groups in total. The Kier molecular flexibility index (Phi) is 3.53. The van der Waals surface area contributed by atoms with Crippen molar-refractivity contribution in [3.63, 3.8) is 0 Å². The van der Waals surface area contributed by atoms with Crippen molar-refractivity contribution >= 4 is 5.97 Å². The van der Waals surface area contributed by atoms with Crippen molar-refractivity contribution in [2.75, 3.05) is 26.7 Å². The van der Waals surface area contributed by atoms with Crippen molar-refractivity contribution in [1.82, 2.24) is 0 Å². The molecule has 2 unspecified atom stereocenters. The minimum atomic E-state index is -0.667. The Morgan fingerprint density at radius 2 is 1.71 bits per heavy atom. The molecule has 0 aromatic carbocycles. The first-order valence-electron chi connectivity index (χ1n) is 5.56. The van der Waals surface area contributed by atoms with E-state index < -0.39 is 5.97 Å². The lowest BCUT2D eigenvalue weighted by Crippen LogP contribution is -2.45. The number of carbonyl (C=O) groups is 1. The van der Waals surface area contributed by atoms with Crippen LogP contribution in [0.4, 0.5) is 0 Å². The molecule has 1 aliphatic rings. The van der Waals surface area contributed by atoms with Crippen LogP contribution in [-0.2, 0) is 4.79 Å². The number of quaternary nitrogens is 1. The Bertz CT molecular complexity index is 203. The van der Waals surface area contributed by atoms with Crippen LogP contribution in [0.25, 0.3) is 0 Å². The van der Waals surface area contributed by atoms with Crippen LogP contribution in [0.5, 0.6) is 0 Å². The summed E-state index contributed by atoms with van der Waals surface area (Å²) in [5, 5.41) is 8.84. The number of carboxylic acids is 1. The van der Waals surface area contributed by atoms with E-state index in [1.807, 2.05) is 0 Å². The van der Waals surface area contributed by atoms with E-state index in [-0.39, 0.29) is 6.54 Å². The molecular formula is C11H22NO2+. The highest BCUT2D eigenvalue weighted by Gasteiger charge is 2.41. The second-order valence-corrected chi connectivity index (χ2v) is 4.87. The summed E-state index contributed by atoms with van der Waals surface area (Å²) >= 11 is 0. The number of rotatable bonds is 4. The number of likely N-dealkylation sites (N-methyl/N-ethyl adjacent to an activating group) is 1. The van der Waals surface area contributed by atoms with Crippen LogP contribution >= 0.6 is 0 Å². The zero-order valence-corrected chi connectivity index (χ0v) is 9.49. The topological polar surface area (TPSA) is 37.3 Å². The van der Waals surface area contributed by atoms with Gasteiger partial charge in [-0.2, -0.15) is 0 Å². The first-order valence-corrected chi connectivity index (χ1v) is 5.56. The van der Waals surface area contributed by atoms with Gasteiger partial charge < -0.3 is 9.59 Å². The zero-order chi connectivity index (χ0) is 10.8. The van der Waals surface area contributed by atoms with Gasteiger partial charge >= 0.3 is 5.97 Å². The number of aliphatic carboxylic acids is 1. The molecule has 1 saturated heterocycles. The number of hydrogen-bond donors (Lipinski definition) is 1. The third-order valence-corrected chi connectivity index (χ3v) is 3.58. The van der Waals surface area contributed by atoms with Crippen LogP contribution in [0.1, 0.15) is 26.7 Å². The van der Waals surface area contributed by atoms with Crippen LogP contribution in [0.3, 0.4) is 0 Å². The first-order chi connectivity index (χ1) is 6.50. The standard InChI is InChI=1S/C11H21NO2/c1-4-9-6-12(3,8-11(13)14)7-10(9)5-2/h9-10H,4-8H2,1-3H3/p+1. The number of carboxylic acid groups (broad SMARTS) is 1. The van der Waals surface area contributed by atoms with E-state index in [2.05, 4.69) is 20.9 Å². The predicted molar refractivity (Wildman–Crippen MR) is 56.0 cm³/mol. The maximum Gasteiger partial charge on any atom is 0.359 e. The third-order valence-electron chi connectivity index (χ3n) is 3.58. The lowest BCUT2D eigenvalue weighted by atomic mass is 9.92. The SMILES string of the molecule is CCC1C[N+](C)(CC(=O)O)CC1CC. The highest BCUT2D eigenvalue weighted by Crippen LogP contribution is 2.32. The summed E-state index contributed by atoms with van der Waals surface area (Å²) in [7, 11) is 2.08. The van der Waals surface area contributed by atoms with Gasteiger partial charge in [0, 0.05) is 11.8 Å². The summed E-state index contributed by atoms with van der Waals surface area (Å²) in [5.74, 6) is 0.785. The molecule has 0 aromatic rings. The van der Waals surface area contributed by atoms with Gasteiger partial charge in [-0.05, 0) is 12.8 Å². The van der Waals surface area contributed by atoms with Crippen LogP contribution in [0, 0.1) is 11.8 Å². The molecule has 3 heteroatoms. The van der Waals surface area contributed by atoms with Gasteiger partial charge in [0.05, 0.1) is 20.1 Å². The molecule has 14 heavy (non-hydrogen) atoms. The van der Waals surface area contributed by atoms with E-state index in [0.29, 0.717) is 0 Å². The zero-order valence-electron chi connectivity index (χ0n) is 9.49. The summed E-state index contributed by atoms with van der Waals surface area (Å²) in [4.78, 5) is 10.7. The maximum atomic E-state index is 10.7. The highest BCUT2D eigenvalue weighted by atomic mass is 16.4. The van der Waals surface area contributed by atoms with E-state index >= 15 is 0 Å². The number of likely N-dealkylation sites (tertiary alicyclic amines) is 1. The molecule has 3 nitrogen and oxygen atoms in total. The van der Waals surface area contributed by atoms with Crippen LogP contribution < -0.4 is 0 Å². The van der Waals surface area contributed by atoms with Crippen molar-refractivity contribution in [2.24, 2.45) is 11.8 Å². The molecule has 0 spiro atoms. The quantitative estimate of drug-likeness (QED) is 0.700. The van der Waals surface area contributed by atoms with Crippen molar-refractivity contribution < 1.29 is 14.4 Å². The smallest absolute Gasteiger partial charge is 0.359 e. The van der Waals surface area contributed by atoms with Crippen LogP contribution in [0.2, 0.25) is 0 Å². The molecule has 0 radical (unpaired) electrons. The Morgan fingerprint density at radius 3 is 2.00 bits per heavy atom. The molecule has 1 heterocycles. The molecule has 1 rings (SSSR count). The molecule has 0 aliphatic carbocycles. The summed E-state index contributed by atoms with van der Waals surface area (Å²) in [6.07, 6.45) is 2.37. The van der Waals surface area contributed by atoms with Crippen molar-refractivity contribution in [1.29, 1.82) is 0 Å². The minimum absolute atomic E-state index is 0.285. The first kappa shape index (κ1) is 11.5. The molecule has 1 aliphatic heterocycles. The van der Waals surface area contributed by atoms with Gasteiger partial charge in [-0.25, -0.2) is 4.79 Å². The molecule has 0 amide bonds. The summed E-state index contributed by atoms with van der Waals surface area (Å²) in [6.45, 7) is 6.79. The Balaban J connectivity index is 2.62. The average molecular weight is 200 g/mol. The second-order valence-electron chi connectivity index (χ2n) is 4.87. The molecule has 2 atom stereocenters. The monoisotopic (exact) mass is 200 g/mol. The van der Waals surface area contributed by atoms with Crippen LogP contribution in [-0.4, -0.2) is 42.2 Å². The van der Waals surface area contributed by atoms with Crippen LogP contribution in [0.15, 0.2) is 0 Å². The van der Waals surface area contributed by atoms with Gasteiger partial charge in [0.1, 0.15) is 0 Å². The van der Waals surface area contributed by atoms with Gasteiger partial charge in [-0.1, -0.05) is 13.8 Å². The lowest BCUT2D eigenvalue weighted by molar-refractivity contribution is -0.893. The van der Waals surface area contributed by atoms with E-state index in [0.717, 1.165) is 29.4 Å². The van der Waals surface area contributed by atoms with Gasteiger partial charge in [0.15, 0.2) is 6.54 Å². The number of nitrogens with zero attached hydrogens (tertiary/aromatic N) is 1. The van der Waals surface area contributed by atoms with Gasteiger partial charge in [-0.15, -0.1) is 0 Å². The summed E-state index contributed by atoms with van der Waals surface area (Å²) in [6, 6.07) is 0. The van der Waals surface area contributed by atoms with E-state index in [4.69, 9.17) is 5.11 Å². The predicted octanol–water partition coefficient (Wildman–Crippen LogP) is 1.58. The normalized spacial score (nSPS) is 37.4. The van der Waals surface area contributed by atoms with Crippen molar-refractivity contribution in [2.45, 2.75) is 26.7 Å². The number of hydrogen-bond acceptors (Lipinski definition) is 1. The van der Waals surface area contributed by atoms with E-state index in [1.54, 1.807) is 0 Å². The Morgan fingerprint density at radius 1 is 1.29 bits per heavy atom. The molecule has 0 bridgehead atoms. The van der Waals surface area contributed by atoms with E-state index in [1.165, 1.54) is 12.8 Å². The largest absolute Gasteiger partial charge is 0.477 e. The fourth-order valence-electron chi connectivity index (χ4n) is 2.89. The molecule has 0 aromatic heterocycles. The Labute approximate surface area is 86.3 Å². The fourth-order valence-corrected chi connectivity index (χ4v) is 2.89. The van der Waals surface area contributed by atoms with Gasteiger partial charge in [0.2, 0.25) is 0 Å². The van der Waals surface area contributed by atoms with Crippen molar-refractivity contribution in [3.8, 4) is 0 Å². The highest BCUT2D eigenvalue weighted by molar-refractivity contribution is 5.67. The summed E-state index contributed by atoms with van der Waals surface area (Å²) in [5.41, 5.74) is 0. The van der Waals surface area contributed by atoms with Gasteiger partial charge in [-0.3, -0.25) is 0 Å². The maximum absolute atomic E-state index is 10.7. The second kappa shape index (κ2) is 4.30. The van der Waals surface area contributed by atoms with Crippen molar-refractivity contribution in [3.05, 3.63) is 0 Å². The van der Waals surface area contributed by atoms with E-state index in [9.17, 15) is 4.79 Å². The molecule has 82 valence electrons.